The van der Waals surface area contributed by atoms with E-state index in [1.807, 2.05) is 42.5 Å². The van der Waals surface area contributed by atoms with Gasteiger partial charge in [0.1, 0.15) is 0 Å². The van der Waals surface area contributed by atoms with Crippen LogP contribution in [0.25, 0.3) is 10.9 Å². The SMILES string of the molecule is COC(=O)c1cccc2[nH]c(Cc3ccc(Cl)cc3)cc12. The van der Waals surface area contributed by atoms with Crippen LogP contribution in [0.5, 0.6) is 0 Å². The zero-order chi connectivity index (χ0) is 14.8. The molecule has 3 nitrogen and oxygen atoms in total. The van der Waals surface area contributed by atoms with Gasteiger partial charge in [0.05, 0.1) is 12.7 Å². The summed E-state index contributed by atoms with van der Waals surface area (Å²) in [5.74, 6) is -0.322. The zero-order valence-corrected chi connectivity index (χ0v) is 12.3. The fourth-order valence-corrected chi connectivity index (χ4v) is 2.54. The second-order valence-corrected chi connectivity index (χ2v) is 5.29. The van der Waals surface area contributed by atoms with E-state index in [2.05, 4.69) is 4.98 Å². The molecule has 0 saturated heterocycles. The van der Waals surface area contributed by atoms with Gasteiger partial charge in [-0.25, -0.2) is 4.79 Å². The summed E-state index contributed by atoms with van der Waals surface area (Å²) < 4.78 is 4.82. The number of rotatable bonds is 3. The first kappa shape index (κ1) is 13.7. The van der Waals surface area contributed by atoms with Gasteiger partial charge in [0.2, 0.25) is 0 Å². The fourth-order valence-electron chi connectivity index (χ4n) is 2.42. The summed E-state index contributed by atoms with van der Waals surface area (Å²) in [5.41, 5.74) is 3.71. The first-order valence-corrected chi connectivity index (χ1v) is 6.98. The third-order valence-corrected chi connectivity index (χ3v) is 3.69. The fraction of sp³-hybridized carbons (Fsp3) is 0.118. The Morgan fingerprint density at radius 1 is 1.19 bits per heavy atom. The highest BCUT2D eigenvalue weighted by atomic mass is 35.5. The lowest BCUT2D eigenvalue weighted by Crippen LogP contribution is -2.00. The monoisotopic (exact) mass is 299 g/mol. The van der Waals surface area contributed by atoms with Crippen LogP contribution < -0.4 is 0 Å². The van der Waals surface area contributed by atoms with Gasteiger partial charge in [0, 0.05) is 28.0 Å². The van der Waals surface area contributed by atoms with Crippen LogP contribution in [0.2, 0.25) is 5.02 Å². The number of hydrogen-bond acceptors (Lipinski definition) is 2. The molecule has 0 fully saturated rings. The van der Waals surface area contributed by atoms with Crippen molar-refractivity contribution in [3.05, 3.63) is 70.4 Å². The van der Waals surface area contributed by atoms with Gasteiger partial charge in [0.25, 0.3) is 0 Å². The third kappa shape index (κ3) is 2.78. The van der Waals surface area contributed by atoms with E-state index >= 15 is 0 Å². The van der Waals surface area contributed by atoms with Crippen molar-refractivity contribution in [2.24, 2.45) is 0 Å². The maximum atomic E-state index is 11.8. The van der Waals surface area contributed by atoms with E-state index in [0.29, 0.717) is 5.56 Å². The van der Waals surface area contributed by atoms with E-state index in [-0.39, 0.29) is 5.97 Å². The highest BCUT2D eigenvalue weighted by Gasteiger charge is 2.12. The van der Waals surface area contributed by atoms with Gasteiger partial charge in [-0.1, -0.05) is 29.8 Å². The minimum atomic E-state index is -0.322. The molecule has 0 saturated carbocycles. The van der Waals surface area contributed by atoms with Crippen molar-refractivity contribution in [3.63, 3.8) is 0 Å². The summed E-state index contributed by atoms with van der Waals surface area (Å²) in [5, 5.41) is 1.61. The van der Waals surface area contributed by atoms with Crippen molar-refractivity contribution < 1.29 is 9.53 Å². The Morgan fingerprint density at radius 3 is 2.67 bits per heavy atom. The molecule has 1 aromatic heterocycles. The van der Waals surface area contributed by atoms with Gasteiger partial charge >= 0.3 is 5.97 Å². The predicted molar refractivity (Wildman–Crippen MR) is 83.9 cm³/mol. The van der Waals surface area contributed by atoms with Crippen LogP contribution in [0.3, 0.4) is 0 Å². The number of H-pyrrole nitrogens is 1. The quantitative estimate of drug-likeness (QED) is 0.737. The van der Waals surface area contributed by atoms with Crippen molar-refractivity contribution in [2.75, 3.05) is 7.11 Å². The molecular formula is C17H14ClNO2. The molecule has 0 radical (unpaired) electrons. The number of aromatic amines is 1. The molecule has 0 bridgehead atoms. The van der Waals surface area contributed by atoms with Crippen molar-refractivity contribution in [1.29, 1.82) is 0 Å². The molecule has 21 heavy (non-hydrogen) atoms. The molecule has 0 spiro atoms. The lowest BCUT2D eigenvalue weighted by molar-refractivity contribution is 0.0603. The maximum absolute atomic E-state index is 11.8. The second-order valence-electron chi connectivity index (χ2n) is 4.86. The molecule has 3 rings (SSSR count). The van der Waals surface area contributed by atoms with Gasteiger partial charge < -0.3 is 9.72 Å². The van der Waals surface area contributed by atoms with Gasteiger partial charge in [-0.15, -0.1) is 0 Å². The number of benzene rings is 2. The molecule has 0 unspecified atom stereocenters. The van der Waals surface area contributed by atoms with Crippen LogP contribution in [0.1, 0.15) is 21.6 Å². The maximum Gasteiger partial charge on any atom is 0.338 e. The van der Waals surface area contributed by atoms with E-state index < -0.39 is 0 Å². The summed E-state index contributed by atoms with van der Waals surface area (Å²) in [6, 6.07) is 15.3. The number of carbonyl (C=O) groups excluding carboxylic acids is 1. The number of hydrogen-bond donors (Lipinski definition) is 1. The van der Waals surface area contributed by atoms with Crippen LogP contribution in [0.4, 0.5) is 0 Å². The summed E-state index contributed by atoms with van der Waals surface area (Å²) in [7, 11) is 1.39. The average Bonchev–Trinajstić information content (AvgIpc) is 2.91. The Labute approximate surface area is 127 Å². The topological polar surface area (TPSA) is 42.1 Å². The molecule has 0 atom stereocenters. The molecule has 2 aromatic carbocycles. The Balaban J connectivity index is 1.97. The highest BCUT2D eigenvalue weighted by molar-refractivity contribution is 6.30. The minimum Gasteiger partial charge on any atom is -0.465 e. The summed E-state index contributed by atoms with van der Waals surface area (Å²) in [6.45, 7) is 0. The number of esters is 1. The zero-order valence-electron chi connectivity index (χ0n) is 11.5. The molecular weight excluding hydrogens is 286 g/mol. The smallest absolute Gasteiger partial charge is 0.338 e. The molecule has 0 amide bonds. The number of carbonyl (C=O) groups is 1. The van der Waals surface area contributed by atoms with Crippen LogP contribution in [-0.4, -0.2) is 18.1 Å². The number of ether oxygens (including phenoxy) is 1. The highest BCUT2D eigenvalue weighted by Crippen LogP contribution is 2.22. The molecule has 4 heteroatoms. The number of fused-ring (bicyclic) bond motifs is 1. The average molecular weight is 300 g/mol. The van der Waals surface area contributed by atoms with Crippen molar-refractivity contribution >= 4 is 28.5 Å². The van der Waals surface area contributed by atoms with Crippen LogP contribution in [-0.2, 0) is 11.2 Å². The number of aromatic nitrogens is 1. The molecule has 0 aliphatic heterocycles. The lowest BCUT2D eigenvalue weighted by Gasteiger charge is -1.99. The predicted octanol–water partition coefficient (Wildman–Crippen LogP) is 4.20. The Morgan fingerprint density at radius 2 is 1.95 bits per heavy atom. The summed E-state index contributed by atoms with van der Waals surface area (Å²) >= 11 is 5.89. The summed E-state index contributed by atoms with van der Waals surface area (Å²) in [4.78, 5) is 15.1. The molecule has 0 aliphatic carbocycles. The first-order chi connectivity index (χ1) is 10.2. The summed E-state index contributed by atoms with van der Waals surface area (Å²) in [6.07, 6.45) is 0.756. The van der Waals surface area contributed by atoms with Gasteiger partial charge in [-0.3, -0.25) is 0 Å². The Hall–Kier alpha value is -2.26. The van der Waals surface area contributed by atoms with E-state index in [9.17, 15) is 4.79 Å². The van der Waals surface area contributed by atoms with Crippen molar-refractivity contribution in [3.8, 4) is 0 Å². The number of halogens is 1. The van der Waals surface area contributed by atoms with Gasteiger partial charge in [-0.2, -0.15) is 0 Å². The Bertz CT molecular complexity index is 790. The van der Waals surface area contributed by atoms with E-state index in [0.717, 1.165) is 33.6 Å². The normalized spacial score (nSPS) is 10.8. The standard InChI is InChI=1S/C17H14ClNO2/c1-21-17(20)14-3-2-4-16-15(14)10-13(19-16)9-11-5-7-12(18)8-6-11/h2-8,10,19H,9H2,1H3. The largest absolute Gasteiger partial charge is 0.465 e. The van der Waals surface area contributed by atoms with E-state index in [4.69, 9.17) is 16.3 Å². The molecule has 1 heterocycles. The molecule has 106 valence electrons. The van der Waals surface area contributed by atoms with Crippen LogP contribution in [0, 0.1) is 0 Å². The second kappa shape index (κ2) is 5.62. The molecule has 1 N–H and O–H groups in total. The number of methoxy groups -OCH3 is 1. The van der Waals surface area contributed by atoms with Gasteiger partial charge in [-0.05, 0) is 35.9 Å². The minimum absolute atomic E-state index is 0.322. The van der Waals surface area contributed by atoms with E-state index in [1.165, 1.54) is 7.11 Å². The first-order valence-electron chi connectivity index (χ1n) is 6.61. The van der Waals surface area contributed by atoms with E-state index in [1.54, 1.807) is 6.07 Å². The van der Waals surface area contributed by atoms with Crippen molar-refractivity contribution in [1.82, 2.24) is 4.98 Å². The lowest BCUT2D eigenvalue weighted by atomic mass is 10.1. The van der Waals surface area contributed by atoms with Crippen LogP contribution >= 0.6 is 11.6 Å². The van der Waals surface area contributed by atoms with Gasteiger partial charge in [0.15, 0.2) is 0 Å². The number of nitrogens with one attached hydrogen (secondary N) is 1. The molecule has 3 aromatic rings. The van der Waals surface area contributed by atoms with Crippen molar-refractivity contribution in [2.45, 2.75) is 6.42 Å². The Kier molecular flexibility index (Phi) is 3.67. The van der Waals surface area contributed by atoms with Crippen LogP contribution in [0.15, 0.2) is 48.5 Å². The molecule has 0 aliphatic rings. The third-order valence-electron chi connectivity index (χ3n) is 3.43.